The van der Waals surface area contributed by atoms with Crippen LogP contribution in [0.3, 0.4) is 0 Å². The molecule has 6 heteroatoms. The first kappa shape index (κ1) is 19.2. The van der Waals surface area contributed by atoms with E-state index in [1.165, 1.54) is 16.0 Å². The van der Waals surface area contributed by atoms with Gasteiger partial charge in [-0.25, -0.2) is 4.39 Å². The van der Waals surface area contributed by atoms with E-state index in [0.29, 0.717) is 35.3 Å². The fourth-order valence-corrected chi connectivity index (χ4v) is 5.84. The molecule has 0 spiro atoms. The van der Waals surface area contributed by atoms with Crippen LogP contribution < -0.4 is 14.8 Å². The Morgan fingerprint density at radius 1 is 1.39 bits per heavy atom. The van der Waals surface area contributed by atoms with Gasteiger partial charge < -0.3 is 14.8 Å². The highest BCUT2D eigenvalue weighted by Crippen LogP contribution is 2.71. The topological polar surface area (TPSA) is 47.6 Å². The second-order valence-electron chi connectivity index (χ2n) is 8.18. The van der Waals surface area contributed by atoms with E-state index in [9.17, 15) is 9.18 Å². The van der Waals surface area contributed by atoms with Crippen LogP contribution in [0.4, 0.5) is 4.39 Å². The number of rotatable bonds is 7. The number of halogens is 1. The maximum Gasteiger partial charge on any atom is 0.261 e. The number of hydrogen-bond donors (Lipinski definition) is 1. The third-order valence-electron chi connectivity index (χ3n) is 6.27. The average molecular weight is 404 g/mol. The third-order valence-corrected chi connectivity index (χ3v) is 7.43. The van der Waals surface area contributed by atoms with Gasteiger partial charge in [-0.2, -0.15) is 0 Å². The van der Waals surface area contributed by atoms with Gasteiger partial charge in [-0.15, -0.1) is 11.3 Å². The standard InChI is InChI=1S/C22H26FNO3S/c1-12-18-15(10-16-19(18)22(16,2)3)20(28-12)21(25)24-11-13-5-6-14(27-8-7-23)9-17(13)26-4/h5-6,9,16,19H,7-8,10-11H2,1-4H3,(H,24,25)/t16-,19-/m1/s1. The molecule has 1 amide bonds. The molecular weight excluding hydrogens is 377 g/mol. The number of methoxy groups -OCH3 is 1. The minimum atomic E-state index is -0.538. The number of alkyl halides is 1. The number of carbonyl (C=O) groups is 1. The van der Waals surface area contributed by atoms with Crippen LogP contribution in [-0.4, -0.2) is 26.3 Å². The van der Waals surface area contributed by atoms with Crippen molar-refractivity contribution in [3.05, 3.63) is 44.6 Å². The number of carbonyl (C=O) groups excluding carboxylic acids is 1. The second kappa shape index (κ2) is 7.07. The van der Waals surface area contributed by atoms with Crippen LogP contribution in [0, 0.1) is 18.3 Å². The number of ether oxygens (including phenoxy) is 2. The summed E-state index contributed by atoms with van der Waals surface area (Å²) in [5.74, 6) is 2.46. The lowest BCUT2D eigenvalue weighted by Gasteiger charge is -2.13. The van der Waals surface area contributed by atoms with Crippen LogP contribution in [0.5, 0.6) is 11.5 Å². The summed E-state index contributed by atoms with van der Waals surface area (Å²) in [6.07, 6.45) is 1.02. The highest BCUT2D eigenvalue weighted by atomic mass is 32.1. The Bertz CT molecular complexity index is 921. The molecule has 2 aromatic rings. The maximum atomic E-state index is 12.9. The van der Waals surface area contributed by atoms with E-state index in [-0.39, 0.29) is 12.5 Å². The lowest BCUT2D eigenvalue weighted by atomic mass is 9.95. The summed E-state index contributed by atoms with van der Waals surface area (Å²) in [6, 6.07) is 5.33. The van der Waals surface area contributed by atoms with Crippen molar-refractivity contribution in [3.63, 3.8) is 0 Å². The zero-order valence-corrected chi connectivity index (χ0v) is 17.5. The maximum absolute atomic E-state index is 12.9. The fraction of sp³-hybridized carbons (Fsp3) is 0.500. The summed E-state index contributed by atoms with van der Waals surface area (Å²) >= 11 is 1.61. The van der Waals surface area contributed by atoms with Crippen molar-refractivity contribution in [1.82, 2.24) is 5.32 Å². The van der Waals surface area contributed by atoms with Gasteiger partial charge in [0.15, 0.2) is 0 Å². The van der Waals surface area contributed by atoms with Gasteiger partial charge in [0, 0.05) is 23.1 Å². The quantitative estimate of drug-likeness (QED) is 0.733. The molecule has 150 valence electrons. The first-order valence-corrected chi connectivity index (χ1v) is 10.5. The van der Waals surface area contributed by atoms with Crippen LogP contribution >= 0.6 is 11.3 Å². The van der Waals surface area contributed by atoms with Gasteiger partial charge in [0.25, 0.3) is 5.91 Å². The number of aryl methyl sites for hydroxylation is 1. The Hall–Kier alpha value is -2.08. The number of nitrogens with one attached hydrogen (secondary N) is 1. The summed E-state index contributed by atoms with van der Waals surface area (Å²) in [5, 5.41) is 3.04. The van der Waals surface area contributed by atoms with E-state index in [4.69, 9.17) is 9.47 Å². The van der Waals surface area contributed by atoms with Crippen molar-refractivity contribution in [3.8, 4) is 11.5 Å². The van der Waals surface area contributed by atoms with E-state index in [2.05, 4.69) is 26.1 Å². The van der Waals surface area contributed by atoms with Gasteiger partial charge in [0.1, 0.15) is 24.8 Å². The van der Waals surface area contributed by atoms with Gasteiger partial charge in [-0.3, -0.25) is 4.79 Å². The Balaban J connectivity index is 1.46. The molecule has 1 N–H and O–H groups in total. The number of thiophene rings is 1. The van der Waals surface area contributed by atoms with E-state index < -0.39 is 6.67 Å². The van der Waals surface area contributed by atoms with Gasteiger partial charge >= 0.3 is 0 Å². The smallest absolute Gasteiger partial charge is 0.261 e. The van der Waals surface area contributed by atoms with Gasteiger partial charge in [-0.05, 0) is 53.9 Å². The SMILES string of the molecule is COc1cc(OCCF)ccc1CNC(=O)c1sc(C)c2c1C[C@@H]1[C@H]2C1(C)C. The average Bonchev–Trinajstić information content (AvgIpc) is 3.01. The van der Waals surface area contributed by atoms with Crippen molar-refractivity contribution in [2.24, 2.45) is 11.3 Å². The van der Waals surface area contributed by atoms with E-state index >= 15 is 0 Å². The van der Waals surface area contributed by atoms with Crippen LogP contribution in [0.25, 0.3) is 0 Å². The molecule has 2 aliphatic carbocycles. The zero-order valence-electron chi connectivity index (χ0n) is 16.7. The molecule has 0 bridgehead atoms. The van der Waals surface area contributed by atoms with Crippen molar-refractivity contribution in [2.75, 3.05) is 20.4 Å². The Morgan fingerprint density at radius 2 is 2.18 bits per heavy atom. The van der Waals surface area contributed by atoms with Crippen molar-refractivity contribution >= 4 is 17.2 Å². The monoisotopic (exact) mass is 403 g/mol. The summed E-state index contributed by atoms with van der Waals surface area (Å²) in [4.78, 5) is 15.0. The molecule has 0 radical (unpaired) electrons. The summed E-state index contributed by atoms with van der Waals surface area (Å²) < 4.78 is 23.0. The Kier molecular flexibility index (Phi) is 4.86. The molecule has 1 aromatic heterocycles. The molecular formula is C22H26FNO3S. The lowest BCUT2D eigenvalue weighted by Crippen LogP contribution is -2.23. The third kappa shape index (κ3) is 3.08. The Morgan fingerprint density at radius 3 is 2.89 bits per heavy atom. The van der Waals surface area contributed by atoms with Crippen LogP contribution in [0.2, 0.25) is 0 Å². The largest absolute Gasteiger partial charge is 0.496 e. The van der Waals surface area contributed by atoms with Gasteiger partial charge in [0.2, 0.25) is 0 Å². The number of hydrogen-bond acceptors (Lipinski definition) is 4. The van der Waals surface area contributed by atoms with E-state index in [0.717, 1.165) is 16.9 Å². The highest BCUT2D eigenvalue weighted by Gasteiger charge is 2.63. The highest BCUT2D eigenvalue weighted by molar-refractivity contribution is 7.14. The molecule has 1 fully saturated rings. The lowest BCUT2D eigenvalue weighted by molar-refractivity contribution is 0.0953. The molecule has 28 heavy (non-hydrogen) atoms. The van der Waals surface area contributed by atoms with E-state index in [1.807, 2.05) is 6.07 Å². The van der Waals surface area contributed by atoms with Crippen LogP contribution in [0.1, 0.15) is 51.0 Å². The predicted molar refractivity (Wildman–Crippen MR) is 108 cm³/mol. The minimum Gasteiger partial charge on any atom is -0.496 e. The normalized spacial score (nSPS) is 21.0. The molecule has 0 unspecified atom stereocenters. The first-order chi connectivity index (χ1) is 13.4. The van der Waals surface area contributed by atoms with Gasteiger partial charge in [0.05, 0.1) is 12.0 Å². The second-order valence-corrected chi connectivity index (χ2v) is 9.41. The molecule has 0 saturated heterocycles. The molecule has 4 nitrogen and oxygen atoms in total. The Labute approximate surface area is 169 Å². The summed E-state index contributed by atoms with van der Waals surface area (Å²) in [6.45, 7) is 6.64. The van der Waals surface area contributed by atoms with Crippen molar-refractivity contribution < 1.29 is 18.7 Å². The van der Waals surface area contributed by atoms with Crippen LogP contribution in [0.15, 0.2) is 18.2 Å². The molecule has 4 rings (SSSR count). The van der Waals surface area contributed by atoms with Gasteiger partial charge in [-0.1, -0.05) is 13.8 Å². The molecule has 1 heterocycles. The predicted octanol–water partition coefficient (Wildman–Crippen LogP) is 4.64. The number of fused-ring (bicyclic) bond motifs is 3. The van der Waals surface area contributed by atoms with Crippen molar-refractivity contribution in [2.45, 2.75) is 39.7 Å². The number of amides is 1. The first-order valence-electron chi connectivity index (χ1n) is 9.64. The van der Waals surface area contributed by atoms with Crippen LogP contribution in [-0.2, 0) is 13.0 Å². The molecule has 1 aromatic carbocycles. The summed E-state index contributed by atoms with van der Waals surface area (Å²) in [5.41, 5.74) is 3.93. The summed E-state index contributed by atoms with van der Waals surface area (Å²) in [7, 11) is 1.57. The van der Waals surface area contributed by atoms with E-state index in [1.54, 1.807) is 30.6 Å². The number of benzene rings is 1. The minimum absolute atomic E-state index is 0.0148. The zero-order chi connectivity index (χ0) is 20.1. The molecule has 0 aliphatic heterocycles. The molecule has 2 aliphatic rings. The fourth-order valence-electron chi connectivity index (χ4n) is 4.69. The molecule has 2 atom stereocenters. The van der Waals surface area contributed by atoms with Crippen molar-refractivity contribution in [1.29, 1.82) is 0 Å². The molecule has 1 saturated carbocycles.